The van der Waals surface area contributed by atoms with E-state index in [-0.39, 0.29) is 22.1 Å². The van der Waals surface area contributed by atoms with Crippen LogP contribution in [0.4, 0.5) is 5.69 Å². The molecule has 0 spiro atoms. The maximum atomic E-state index is 12.2. The molecule has 2 rings (SSSR count). The molecule has 0 saturated carbocycles. The van der Waals surface area contributed by atoms with Crippen LogP contribution in [-0.2, 0) is 4.79 Å². The number of hydrogen-bond acceptors (Lipinski definition) is 3. The van der Waals surface area contributed by atoms with Crippen molar-refractivity contribution in [3.05, 3.63) is 62.2 Å². The Morgan fingerprint density at radius 2 is 1.95 bits per heavy atom. The third kappa shape index (κ3) is 3.00. The normalized spacial score (nSPS) is 18.5. The molecule has 0 radical (unpaired) electrons. The van der Waals surface area contributed by atoms with E-state index in [0.717, 1.165) is 0 Å². The van der Waals surface area contributed by atoms with Crippen LogP contribution in [-0.4, -0.2) is 16.9 Å². The number of para-hydroxylation sites is 1. The molecule has 1 aromatic rings. The van der Waals surface area contributed by atoms with E-state index in [9.17, 15) is 14.9 Å². The number of benzene rings is 1. The number of nitrogens with zero attached hydrogens (tertiary/aromatic N) is 1. The summed E-state index contributed by atoms with van der Waals surface area (Å²) in [6.07, 6.45) is 1.51. The van der Waals surface area contributed by atoms with E-state index < -0.39 is 16.9 Å². The molecule has 0 aromatic heterocycles. The summed E-state index contributed by atoms with van der Waals surface area (Å²) in [7, 11) is 0. The Hall–Kier alpha value is -1.85. The van der Waals surface area contributed by atoms with Crippen LogP contribution >= 0.6 is 23.2 Å². The van der Waals surface area contributed by atoms with Gasteiger partial charge in [-0.2, -0.15) is 0 Å². The number of halogens is 2. The number of carbonyl (C=O) groups excluding carboxylic acids is 1. The predicted octanol–water partition coefficient (Wildman–Crippen LogP) is 3.29. The van der Waals surface area contributed by atoms with Crippen LogP contribution in [0.1, 0.15) is 6.42 Å². The molecule has 1 aliphatic carbocycles. The van der Waals surface area contributed by atoms with Crippen LogP contribution in [0.25, 0.3) is 0 Å². The SMILES string of the molecule is O=C(Nc1ccccc1)C1=C(Cl)[C@H]([N+](=O)[O-])CC=C1Cl. The number of rotatable bonds is 3. The first kappa shape index (κ1) is 14.6. The quantitative estimate of drug-likeness (QED) is 0.687. The molecule has 7 heteroatoms. The summed E-state index contributed by atoms with van der Waals surface area (Å²) in [5, 5.41) is 13.5. The first-order chi connectivity index (χ1) is 9.50. The summed E-state index contributed by atoms with van der Waals surface area (Å²) in [5.74, 6) is -0.561. The summed E-state index contributed by atoms with van der Waals surface area (Å²) >= 11 is 11.9. The van der Waals surface area contributed by atoms with Gasteiger partial charge in [-0.3, -0.25) is 14.9 Å². The second-order valence-electron chi connectivity index (χ2n) is 4.13. The van der Waals surface area contributed by atoms with Gasteiger partial charge in [0.05, 0.1) is 10.6 Å². The summed E-state index contributed by atoms with van der Waals surface area (Å²) in [5.41, 5.74) is 0.507. The van der Waals surface area contributed by atoms with Crippen molar-refractivity contribution in [3.8, 4) is 0 Å². The molecular formula is C13H10Cl2N2O3. The van der Waals surface area contributed by atoms with Gasteiger partial charge in [-0.05, 0) is 12.1 Å². The molecule has 0 bridgehead atoms. The van der Waals surface area contributed by atoms with E-state index in [0.29, 0.717) is 5.69 Å². The number of anilines is 1. The van der Waals surface area contributed by atoms with Gasteiger partial charge in [-0.1, -0.05) is 47.5 Å². The van der Waals surface area contributed by atoms with Gasteiger partial charge in [-0.25, -0.2) is 0 Å². The summed E-state index contributed by atoms with van der Waals surface area (Å²) in [6.45, 7) is 0. The van der Waals surface area contributed by atoms with Crippen molar-refractivity contribution in [2.75, 3.05) is 5.32 Å². The first-order valence-corrected chi connectivity index (χ1v) is 6.52. The third-order valence-electron chi connectivity index (χ3n) is 2.80. The molecule has 0 unspecified atom stereocenters. The highest BCUT2D eigenvalue weighted by molar-refractivity contribution is 6.41. The minimum absolute atomic E-state index is 0.0508. The summed E-state index contributed by atoms with van der Waals surface area (Å²) in [6, 6.07) is 7.57. The van der Waals surface area contributed by atoms with Crippen molar-refractivity contribution in [2.24, 2.45) is 0 Å². The molecular weight excluding hydrogens is 303 g/mol. The molecule has 1 aromatic carbocycles. The number of carbonyl (C=O) groups is 1. The topological polar surface area (TPSA) is 72.2 Å². The molecule has 1 amide bonds. The fraction of sp³-hybridized carbons (Fsp3) is 0.154. The highest BCUT2D eigenvalue weighted by Gasteiger charge is 2.34. The van der Waals surface area contributed by atoms with Crippen molar-refractivity contribution in [3.63, 3.8) is 0 Å². The van der Waals surface area contributed by atoms with Gasteiger partial charge in [-0.15, -0.1) is 0 Å². The van der Waals surface area contributed by atoms with Gasteiger partial charge in [0.1, 0.15) is 5.03 Å². The van der Waals surface area contributed by atoms with Gasteiger partial charge < -0.3 is 5.32 Å². The van der Waals surface area contributed by atoms with Crippen LogP contribution < -0.4 is 5.32 Å². The maximum Gasteiger partial charge on any atom is 0.258 e. The van der Waals surface area contributed by atoms with Crippen molar-refractivity contribution in [1.82, 2.24) is 0 Å². The minimum atomic E-state index is -1.13. The molecule has 104 valence electrons. The maximum absolute atomic E-state index is 12.2. The summed E-state index contributed by atoms with van der Waals surface area (Å²) < 4.78 is 0. The lowest BCUT2D eigenvalue weighted by molar-refractivity contribution is -0.509. The van der Waals surface area contributed by atoms with Crippen LogP contribution in [0.3, 0.4) is 0 Å². The largest absolute Gasteiger partial charge is 0.322 e. The van der Waals surface area contributed by atoms with Crippen molar-refractivity contribution in [2.45, 2.75) is 12.5 Å². The van der Waals surface area contributed by atoms with Gasteiger partial charge in [0.15, 0.2) is 0 Å². The Balaban J connectivity index is 2.29. The Kier molecular flexibility index (Phi) is 4.42. The van der Waals surface area contributed by atoms with E-state index >= 15 is 0 Å². The number of nitrogens with one attached hydrogen (secondary N) is 1. The Morgan fingerprint density at radius 1 is 1.30 bits per heavy atom. The van der Waals surface area contributed by atoms with E-state index in [2.05, 4.69) is 5.32 Å². The van der Waals surface area contributed by atoms with E-state index in [1.165, 1.54) is 6.08 Å². The Morgan fingerprint density at radius 3 is 2.55 bits per heavy atom. The van der Waals surface area contributed by atoms with Gasteiger partial charge in [0.25, 0.3) is 11.9 Å². The monoisotopic (exact) mass is 312 g/mol. The highest BCUT2D eigenvalue weighted by atomic mass is 35.5. The van der Waals surface area contributed by atoms with Gasteiger partial charge in [0.2, 0.25) is 0 Å². The van der Waals surface area contributed by atoms with E-state index in [1.54, 1.807) is 30.3 Å². The minimum Gasteiger partial charge on any atom is -0.322 e. The second kappa shape index (κ2) is 6.07. The van der Waals surface area contributed by atoms with Crippen LogP contribution in [0, 0.1) is 10.1 Å². The molecule has 0 saturated heterocycles. The predicted molar refractivity (Wildman–Crippen MR) is 77.3 cm³/mol. The molecule has 1 N–H and O–H groups in total. The molecule has 1 atom stereocenters. The van der Waals surface area contributed by atoms with Gasteiger partial charge >= 0.3 is 0 Å². The number of nitro groups is 1. The van der Waals surface area contributed by atoms with Crippen molar-refractivity contribution >= 4 is 34.8 Å². The lowest BCUT2D eigenvalue weighted by Crippen LogP contribution is -2.27. The zero-order valence-electron chi connectivity index (χ0n) is 10.2. The Bertz CT molecular complexity index is 611. The first-order valence-electron chi connectivity index (χ1n) is 5.76. The number of hydrogen-bond donors (Lipinski definition) is 1. The molecule has 20 heavy (non-hydrogen) atoms. The Labute approximate surface area is 125 Å². The lowest BCUT2D eigenvalue weighted by atomic mass is 10.0. The lowest BCUT2D eigenvalue weighted by Gasteiger charge is -2.17. The molecule has 5 nitrogen and oxygen atoms in total. The zero-order valence-corrected chi connectivity index (χ0v) is 11.7. The number of amides is 1. The summed E-state index contributed by atoms with van der Waals surface area (Å²) in [4.78, 5) is 22.5. The van der Waals surface area contributed by atoms with E-state index in [1.807, 2.05) is 0 Å². The molecule has 0 fully saturated rings. The van der Waals surface area contributed by atoms with Gasteiger partial charge in [0, 0.05) is 17.0 Å². The average molecular weight is 313 g/mol. The van der Waals surface area contributed by atoms with Crippen LogP contribution in [0.15, 0.2) is 52.0 Å². The molecule has 0 aliphatic heterocycles. The zero-order chi connectivity index (χ0) is 14.7. The average Bonchev–Trinajstić information content (AvgIpc) is 2.39. The van der Waals surface area contributed by atoms with Crippen LogP contribution in [0.2, 0.25) is 0 Å². The van der Waals surface area contributed by atoms with Crippen molar-refractivity contribution < 1.29 is 9.72 Å². The molecule has 1 aliphatic rings. The second-order valence-corrected chi connectivity index (χ2v) is 4.95. The standard InChI is InChI=1S/C13H10Cl2N2O3/c14-9-6-7-10(17(19)20)12(15)11(9)13(18)16-8-4-2-1-3-5-8/h1-6,10H,7H2,(H,16,18)/t10-/m1/s1. The van der Waals surface area contributed by atoms with Crippen LogP contribution in [0.5, 0.6) is 0 Å². The van der Waals surface area contributed by atoms with E-state index in [4.69, 9.17) is 23.2 Å². The third-order valence-corrected chi connectivity index (χ3v) is 3.59. The highest BCUT2D eigenvalue weighted by Crippen LogP contribution is 2.32. The smallest absolute Gasteiger partial charge is 0.258 e. The fourth-order valence-electron chi connectivity index (χ4n) is 1.81. The fourth-order valence-corrected chi connectivity index (χ4v) is 2.49. The molecule has 0 heterocycles. The van der Waals surface area contributed by atoms with Crippen molar-refractivity contribution in [1.29, 1.82) is 0 Å².